The van der Waals surface area contributed by atoms with Crippen LogP contribution in [0.25, 0.3) is 0 Å². The van der Waals surface area contributed by atoms with Gasteiger partial charge < -0.3 is 4.74 Å². The minimum absolute atomic E-state index is 0.0102. The van der Waals surface area contributed by atoms with Crippen molar-refractivity contribution >= 4 is 11.9 Å². The van der Waals surface area contributed by atoms with E-state index in [0.29, 0.717) is 5.95 Å². The molecule has 0 aromatic carbocycles. The summed E-state index contributed by atoms with van der Waals surface area (Å²) in [6.45, 7) is 2.01. The first-order valence-corrected chi connectivity index (χ1v) is 5.92. The molecule has 2 rings (SSSR count). The van der Waals surface area contributed by atoms with Gasteiger partial charge in [-0.05, 0) is 12.8 Å². The maximum absolute atomic E-state index is 12.1. The summed E-state index contributed by atoms with van der Waals surface area (Å²) in [4.78, 5) is 16.1. The van der Waals surface area contributed by atoms with Crippen LogP contribution in [0.1, 0.15) is 39.0 Å². The second kappa shape index (κ2) is 4.73. The van der Waals surface area contributed by atoms with Crippen LogP contribution in [0.2, 0.25) is 0 Å². The van der Waals surface area contributed by atoms with Crippen molar-refractivity contribution in [1.82, 2.24) is 15.2 Å². The highest BCUT2D eigenvalue weighted by atomic mass is 16.5. The van der Waals surface area contributed by atoms with E-state index in [1.54, 1.807) is 0 Å². The largest absolute Gasteiger partial charge is 0.466 e. The van der Waals surface area contributed by atoms with Crippen LogP contribution in [0.3, 0.4) is 0 Å². The molecule has 1 amide bonds. The summed E-state index contributed by atoms with van der Waals surface area (Å²) >= 11 is 0. The third-order valence-electron chi connectivity index (χ3n) is 3.38. The molecule has 0 atom stereocenters. The van der Waals surface area contributed by atoms with Crippen molar-refractivity contribution in [3.63, 3.8) is 0 Å². The fourth-order valence-electron chi connectivity index (χ4n) is 2.21. The molecule has 0 radical (unpaired) electrons. The SMILES string of the molecule is COc1n[nH]c(NC(=O)C2(C)CCCCC2)n1. The van der Waals surface area contributed by atoms with Crippen LogP contribution >= 0.6 is 0 Å². The van der Waals surface area contributed by atoms with Gasteiger partial charge in [0.2, 0.25) is 11.9 Å². The van der Waals surface area contributed by atoms with Crippen LogP contribution < -0.4 is 10.1 Å². The lowest BCUT2D eigenvalue weighted by molar-refractivity contribution is -0.126. The summed E-state index contributed by atoms with van der Waals surface area (Å²) in [7, 11) is 1.48. The second-order valence-corrected chi connectivity index (χ2v) is 4.75. The molecule has 0 bridgehead atoms. The van der Waals surface area contributed by atoms with Gasteiger partial charge in [0.1, 0.15) is 0 Å². The van der Waals surface area contributed by atoms with Crippen molar-refractivity contribution in [1.29, 1.82) is 0 Å². The summed E-state index contributed by atoms with van der Waals surface area (Å²) in [5.41, 5.74) is -0.279. The summed E-state index contributed by atoms with van der Waals surface area (Å²) in [5.74, 6) is 0.356. The number of methoxy groups -OCH3 is 1. The van der Waals surface area contributed by atoms with Crippen LogP contribution in [-0.2, 0) is 4.79 Å². The van der Waals surface area contributed by atoms with Crippen LogP contribution in [0.5, 0.6) is 6.01 Å². The van der Waals surface area contributed by atoms with Crippen molar-refractivity contribution in [2.24, 2.45) is 5.41 Å². The summed E-state index contributed by atoms with van der Waals surface area (Å²) in [6, 6.07) is 0.231. The molecule has 1 fully saturated rings. The summed E-state index contributed by atoms with van der Waals surface area (Å²) in [6.07, 6.45) is 5.32. The van der Waals surface area contributed by atoms with Crippen LogP contribution in [0.4, 0.5) is 5.95 Å². The average Bonchev–Trinajstić information content (AvgIpc) is 2.78. The Balaban J connectivity index is 2.00. The first kappa shape index (κ1) is 11.9. The molecule has 0 saturated heterocycles. The van der Waals surface area contributed by atoms with Crippen molar-refractivity contribution < 1.29 is 9.53 Å². The monoisotopic (exact) mass is 238 g/mol. The molecule has 1 aromatic rings. The maximum Gasteiger partial charge on any atom is 0.336 e. The Bertz CT molecular complexity index is 396. The number of ether oxygens (including phenoxy) is 1. The van der Waals surface area contributed by atoms with Crippen molar-refractivity contribution in [3.05, 3.63) is 0 Å². The molecule has 1 saturated carbocycles. The highest BCUT2D eigenvalue weighted by molar-refractivity contribution is 5.93. The van der Waals surface area contributed by atoms with E-state index in [9.17, 15) is 4.79 Å². The Morgan fingerprint density at radius 2 is 2.12 bits per heavy atom. The molecule has 0 spiro atoms. The summed E-state index contributed by atoms with van der Waals surface area (Å²) < 4.78 is 4.84. The highest BCUT2D eigenvalue weighted by Gasteiger charge is 2.34. The van der Waals surface area contributed by atoms with Gasteiger partial charge >= 0.3 is 6.01 Å². The Morgan fingerprint density at radius 3 is 2.71 bits per heavy atom. The number of aromatic amines is 1. The Kier molecular flexibility index (Phi) is 3.31. The molecule has 1 aromatic heterocycles. The number of rotatable bonds is 3. The lowest BCUT2D eigenvalue weighted by Crippen LogP contribution is -2.35. The van der Waals surface area contributed by atoms with Crippen molar-refractivity contribution in [2.45, 2.75) is 39.0 Å². The predicted octanol–water partition coefficient (Wildman–Crippen LogP) is 1.72. The van der Waals surface area contributed by atoms with Gasteiger partial charge in [-0.25, -0.2) is 5.10 Å². The van der Waals surface area contributed by atoms with E-state index < -0.39 is 0 Å². The van der Waals surface area contributed by atoms with Crippen LogP contribution in [-0.4, -0.2) is 28.2 Å². The Hall–Kier alpha value is -1.59. The third-order valence-corrected chi connectivity index (χ3v) is 3.38. The molecule has 1 heterocycles. The van der Waals surface area contributed by atoms with Gasteiger partial charge in [0.15, 0.2) is 0 Å². The Labute approximate surface area is 100 Å². The summed E-state index contributed by atoms with van der Waals surface area (Å²) in [5, 5.41) is 9.17. The highest BCUT2D eigenvalue weighted by Crippen LogP contribution is 2.36. The molecule has 2 N–H and O–H groups in total. The zero-order valence-electron chi connectivity index (χ0n) is 10.2. The van der Waals surface area contributed by atoms with Crippen LogP contribution in [0, 0.1) is 5.41 Å². The topological polar surface area (TPSA) is 79.9 Å². The number of nitrogens with zero attached hydrogens (tertiary/aromatic N) is 2. The minimum atomic E-state index is -0.279. The number of hydrogen-bond acceptors (Lipinski definition) is 4. The number of H-pyrrole nitrogens is 1. The van der Waals surface area contributed by atoms with E-state index in [-0.39, 0.29) is 17.3 Å². The maximum atomic E-state index is 12.1. The smallest absolute Gasteiger partial charge is 0.336 e. The van der Waals surface area contributed by atoms with E-state index >= 15 is 0 Å². The molecule has 0 unspecified atom stereocenters. The normalized spacial score (nSPS) is 18.7. The molecule has 17 heavy (non-hydrogen) atoms. The number of carbonyl (C=O) groups is 1. The van der Waals surface area contributed by atoms with Gasteiger partial charge in [-0.3, -0.25) is 10.1 Å². The lowest BCUT2D eigenvalue weighted by Gasteiger charge is -2.31. The molecule has 6 heteroatoms. The molecule has 1 aliphatic carbocycles. The molecule has 1 aliphatic rings. The fourth-order valence-corrected chi connectivity index (χ4v) is 2.21. The fraction of sp³-hybridized carbons (Fsp3) is 0.727. The van der Waals surface area contributed by atoms with E-state index in [4.69, 9.17) is 4.74 Å². The Morgan fingerprint density at radius 1 is 1.41 bits per heavy atom. The number of nitrogens with one attached hydrogen (secondary N) is 2. The van der Waals surface area contributed by atoms with Gasteiger partial charge in [-0.15, -0.1) is 5.10 Å². The third kappa shape index (κ3) is 2.57. The zero-order chi connectivity index (χ0) is 12.3. The van der Waals surface area contributed by atoms with Crippen LogP contribution in [0.15, 0.2) is 0 Å². The number of carbonyl (C=O) groups excluding carboxylic acids is 1. The minimum Gasteiger partial charge on any atom is -0.466 e. The van der Waals surface area contributed by atoms with Gasteiger partial charge in [0.05, 0.1) is 7.11 Å². The zero-order valence-corrected chi connectivity index (χ0v) is 10.2. The molecule has 6 nitrogen and oxygen atoms in total. The molecule has 94 valence electrons. The quantitative estimate of drug-likeness (QED) is 0.840. The van der Waals surface area contributed by atoms with E-state index in [1.807, 2.05) is 6.92 Å². The van der Waals surface area contributed by atoms with E-state index in [2.05, 4.69) is 20.5 Å². The first-order chi connectivity index (χ1) is 8.14. The number of hydrogen-bond donors (Lipinski definition) is 2. The van der Waals surface area contributed by atoms with Gasteiger partial charge in [0.25, 0.3) is 0 Å². The number of amides is 1. The number of anilines is 1. The standard InChI is InChI=1S/C11H18N4O2/c1-11(6-4-3-5-7-11)8(16)12-9-13-10(17-2)15-14-9/h3-7H2,1-2H3,(H2,12,13,14,15,16). The number of aromatic nitrogens is 3. The average molecular weight is 238 g/mol. The van der Waals surface area contributed by atoms with E-state index in [0.717, 1.165) is 25.7 Å². The predicted molar refractivity (Wildman–Crippen MR) is 62.8 cm³/mol. The van der Waals surface area contributed by atoms with Gasteiger partial charge in [-0.2, -0.15) is 4.98 Å². The van der Waals surface area contributed by atoms with Crippen molar-refractivity contribution in [2.75, 3.05) is 12.4 Å². The lowest BCUT2D eigenvalue weighted by atomic mass is 9.75. The first-order valence-electron chi connectivity index (χ1n) is 5.92. The van der Waals surface area contributed by atoms with E-state index in [1.165, 1.54) is 13.5 Å². The molecule has 0 aliphatic heterocycles. The van der Waals surface area contributed by atoms with Gasteiger partial charge in [-0.1, -0.05) is 26.2 Å². The second-order valence-electron chi connectivity index (χ2n) is 4.75. The van der Waals surface area contributed by atoms with Crippen molar-refractivity contribution in [3.8, 4) is 6.01 Å². The molecular formula is C11H18N4O2. The molecular weight excluding hydrogens is 220 g/mol. The van der Waals surface area contributed by atoms with Gasteiger partial charge in [0, 0.05) is 5.41 Å².